The molecule has 2 aromatic carbocycles. The topological polar surface area (TPSA) is 90.3 Å². The SMILES string of the molecule is N#Cc1ccc(F)c(C(=O)Nc2ccc(N3CCCS3(=O)=O)cc2)c1. The molecule has 1 aliphatic rings. The van der Waals surface area contributed by atoms with Crippen LogP contribution in [0.25, 0.3) is 0 Å². The minimum atomic E-state index is -3.27. The molecular weight excluding hydrogens is 345 g/mol. The van der Waals surface area contributed by atoms with Gasteiger partial charge in [0.25, 0.3) is 5.91 Å². The largest absolute Gasteiger partial charge is 0.322 e. The van der Waals surface area contributed by atoms with Crippen molar-refractivity contribution in [3.8, 4) is 6.07 Å². The van der Waals surface area contributed by atoms with Crippen molar-refractivity contribution in [2.24, 2.45) is 0 Å². The summed E-state index contributed by atoms with van der Waals surface area (Å²) in [6, 6.07) is 11.6. The van der Waals surface area contributed by atoms with E-state index in [9.17, 15) is 17.6 Å². The molecule has 1 N–H and O–H groups in total. The van der Waals surface area contributed by atoms with Gasteiger partial charge in [-0.15, -0.1) is 0 Å². The summed E-state index contributed by atoms with van der Waals surface area (Å²) in [5.74, 6) is -1.28. The summed E-state index contributed by atoms with van der Waals surface area (Å²) >= 11 is 0. The molecule has 25 heavy (non-hydrogen) atoms. The summed E-state index contributed by atoms with van der Waals surface area (Å²) in [4.78, 5) is 12.2. The molecule has 2 aromatic rings. The molecule has 0 spiro atoms. The number of rotatable bonds is 3. The zero-order chi connectivity index (χ0) is 18.0. The Bertz CT molecular complexity index is 966. The molecule has 8 heteroatoms. The normalized spacial score (nSPS) is 15.6. The third-order valence-electron chi connectivity index (χ3n) is 3.85. The Labute approximate surface area is 144 Å². The number of nitrogens with one attached hydrogen (secondary N) is 1. The first-order valence-electron chi connectivity index (χ1n) is 7.52. The van der Waals surface area contributed by atoms with Gasteiger partial charge in [-0.25, -0.2) is 12.8 Å². The molecular formula is C17H14FN3O3S. The quantitative estimate of drug-likeness (QED) is 0.912. The van der Waals surface area contributed by atoms with E-state index in [4.69, 9.17) is 5.26 Å². The second-order valence-electron chi connectivity index (χ2n) is 5.55. The van der Waals surface area contributed by atoms with Crippen LogP contribution in [0, 0.1) is 17.1 Å². The lowest BCUT2D eigenvalue weighted by Crippen LogP contribution is -2.25. The molecule has 6 nitrogen and oxygen atoms in total. The first-order valence-corrected chi connectivity index (χ1v) is 9.13. The third kappa shape index (κ3) is 3.46. The molecule has 1 fully saturated rings. The zero-order valence-electron chi connectivity index (χ0n) is 13.1. The van der Waals surface area contributed by atoms with Crippen LogP contribution >= 0.6 is 0 Å². The molecule has 0 unspecified atom stereocenters. The monoisotopic (exact) mass is 359 g/mol. The molecule has 128 valence electrons. The Morgan fingerprint density at radius 3 is 2.52 bits per heavy atom. The maximum atomic E-state index is 13.8. The molecule has 0 aliphatic carbocycles. The van der Waals surface area contributed by atoms with Crippen LogP contribution in [0.3, 0.4) is 0 Å². The molecule has 1 saturated heterocycles. The third-order valence-corrected chi connectivity index (χ3v) is 5.72. The van der Waals surface area contributed by atoms with E-state index in [0.717, 1.165) is 6.07 Å². The Hall–Kier alpha value is -2.92. The molecule has 0 saturated carbocycles. The number of benzene rings is 2. The predicted molar refractivity (Wildman–Crippen MR) is 91.3 cm³/mol. The van der Waals surface area contributed by atoms with E-state index in [1.807, 2.05) is 6.07 Å². The van der Waals surface area contributed by atoms with Crippen molar-refractivity contribution in [3.63, 3.8) is 0 Å². The number of halogens is 1. The highest BCUT2D eigenvalue weighted by Crippen LogP contribution is 2.25. The second kappa shape index (κ2) is 6.53. The van der Waals surface area contributed by atoms with Gasteiger partial charge in [0, 0.05) is 12.2 Å². The van der Waals surface area contributed by atoms with Crippen molar-refractivity contribution in [2.75, 3.05) is 21.9 Å². The van der Waals surface area contributed by atoms with Crippen molar-refractivity contribution < 1.29 is 17.6 Å². The standard InChI is InChI=1S/C17H14FN3O3S/c18-16-7-2-12(11-19)10-15(16)17(22)20-13-3-5-14(6-4-13)21-8-1-9-25(21,23)24/h2-7,10H,1,8-9H2,(H,20,22). The lowest BCUT2D eigenvalue weighted by Gasteiger charge is -2.17. The van der Waals surface area contributed by atoms with E-state index in [0.29, 0.717) is 24.3 Å². The zero-order valence-corrected chi connectivity index (χ0v) is 13.9. The van der Waals surface area contributed by atoms with Gasteiger partial charge in [0.05, 0.1) is 28.6 Å². The number of amides is 1. The van der Waals surface area contributed by atoms with Gasteiger partial charge in [-0.1, -0.05) is 0 Å². The van der Waals surface area contributed by atoms with E-state index in [2.05, 4.69) is 5.32 Å². The fourth-order valence-corrected chi connectivity index (χ4v) is 4.17. The van der Waals surface area contributed by atoms with Gasteiger partial charge in [-0.3, -0.25) is 9.10 Å². The maximum absolute atomic E-state index is 13.8. The van der Waals surface area contributed by atoms with Crippen LogP contribution in [-0.2, 0) is 10.0 Å². The molecule has 0 aromatic heterocycles. The molecule has 3 rings (SSSR count). The van der Waals surface area contributed by atoms with Crippen molar-refractivity contribution in [1.29, 1.82) is 5.26 Å². The van der Waals surface area contributed by atoms with Crippen LogP contribution in [0.1, 0.15) is 22.3 Å². The van der Waals surface area contributed by atoms with Gasteiger partial charge in [0.2, 0.25) is 10.0 Å². The van der Waals surface area contributed by atoms with E-state index in [1.165, 1.54) is 16.4 Å². The lowest BCUT2D eigenvalue weighted by molar-refractivity contribution is 0.102. The predicted octanol–water partition coefficient (Wildman–Crippen LogP) is 2.49. The smallest absolute Gasteiger partial charge is 0.258 e. The molecule has 0 atom stereocenters. The number of carbonyl (C=O) groups is 1. The summed E-state index contributed by atoms with van der Waals surface area (Å²) in [6.45, 7) is 0.431. The molecule has 1 heterocycles. The number of hydrogen-bond donors (Lipinski definition) is 1. The minimum Gasteiger partial charge on any atom is -0.322 e. The number of sulfonamides is 1. The molecule has 0 radical (unpaired) electrons. The number of nitrogens with zero attached hydrogens (tertiary/aromatic N) is 2. The molecule has 1 amide bonds. The van der Waals surface area contributed by atoms with E-state index >= 15 is 0 Å². The number of nitriles is 1. The Balaban J connectivity index is 1.78. The lowest BCUT2D eigenvalue weighted by atomic mass is 10.1. The van der Waals surface area contributed by atoms with Crippen LogP contribution < -0.4 is 9.62 Å². The van der Waals surface area contributed by atoms with E-state index < -0.39 is 21.7 Å². The van der Waals surface area contributed by atoms with Crippen LogP contribution in [-0.4, -0.2) is 26.6 Å². The average molecular weight is 359 g/mol. The molecule has 1 aliphatic heterocycles. The first-order chi connectivity index (χ1) is 11.9. The first kappa shape index (κ1) is 16.9. The van der Waals surface area contributed by atoms with Gasteiger partial charge in [-0.05, 0) is 48.9 Å². The van der Waals surface area contributed by atoms with Crippen LogP contribution in [0.15, 0.2) is 42.5 Å². The van der Waals surface area contributed by atoms with E-state index in [1.54, 1.807) is 24.3 Å². The van der Waals surface area contributed by atoms with Gasteiger partial charge in [-0.2, -0.15) is 5.26 Å². The van der Waals surface area contributed by atoms with Gasteiger partial charge in [0.1, 0.15) is 5.82 Å². The van der Waals surface area contributed by atoms with Gasteiger partial charge in [0.15, 0.2) is 0 Å². The molecule has 0 bridgehead atoms. The Morgan fingerprint density at radius 1 is 1.20 bits per heavy atom. The summed E-state index contributed by atoms with van der Waals surface area (Å²) in [5.41, 5.74) is 0.867. The Kier molecular flexibility index (Phi) is 4.42. The number of carbonyl (C=O) groups excluding carboxylic acids is 1. The highest BCUT2D eigenvalue weighted by molar-refractivity contribution is 7.93. The van der Waals surface area contributed by atoms with Crippen molar-refractivity contribution >= 4 is 27.3 Å². The fourth-order valence-electron chi connectivity index (χ4n) is 2.61. The summed E-state index contributed by atoms with van der Waals surface area (Å²) in [7, 11) is -3.27. The summed E-state index contributed by atoms with van der Waals surface area (Å²) in [5, 5.41) is 11.4. The van der Waals surface area contributed by atoms with Crippen molar-refractivity contribution in [3.05, 3.63) is 59.4 Å². The summed E-state index contributed by atoms with van der Waals surface area (Å²) in [6.07, 6.45) is 0.579. The maximum Gasteiger partial charge on any atom is 0.258 e. The van der Waals surface area contributed by atoms with E-state index in [-0.39, 0.29) is 16.9 Å². The number of hydrogen-bond acceptors (Lipinski definition) is 4. The minimum absolute atomic E-state index is 0.125. The van der Waals surface area contributed by atoms with Crippen LogP contribution in [0.5, 0.6) is 0 Å². The van der Waals surface area contributed by atoms with Gasteiger partial charge >= 0.3 is 0 Å². The highest BCUT2D eigenvalue weighted by atomic mass is 32.2. The van der Waals surface area contributed by atoms with Crippen molar-refractivity contribution in [1.82, 2.24) is 0 Å². The highest BCUT2D eigenvalue weighted by Gasteiger charge is 2.28. The Morgan fingerprint density at radius 2 is 1.92 bits per heavy atom. The summed E-state index contributed by atoms with van der Waals surface area (Å²) < 4.78 is 38.9. The van der Waals surface area contributed by atoms with Crippen molar-refractivity contribution in [2.45, 2.75) is 6.42 Å². The average Bonchev–Trinajstić information content (AvgIpc) is 2.95. The second-order valence-corrected chi connectivity index (χ2v) is 7.56. The fraction of sp³-hybridized carbons (Fsp3) is 0.176. The van der Waals surface area contributed by atoms with Crippen LogP contribution in [0.4, 0.5) is 15.8 Å². The van der Waals surface area contributed by atoms with Crippen LogP contribution in [0.2, 0.25) is 0 Å². The number of anilines is 2. The van der Waals surface area contributed by atoms with Gasteiger partial charge < -0.3 is 5.32 Å².